The van der Waals surface area contributed by atoms with Crippen molar-refractivity contribution in [2.75, 3.05) is 21.1 Å². The second-order valence-corrected chi connectivity index (χ2v) is 15.8. The van der Waals surface area contributed by atoms with Gasteiger partial charge in [0.25, 0.3) is 17.7 Å². The molecular weight excluding hydrogens is 727 g/mol. The lowest BCUT2D eigenvalue weighted by Gasteiger charge is -2.37. The molecule has 0 saturated carbocycles. The number of likely N-dealkylation sites (N-methyl/N-ethyl adjacent to an activating group) is 3. The first-order valence-corrected chi connectivity index (χ1v) is 19.5. The second kappa shape index (κ2) is 20.1. The molecule has 1 heterocycles. The first-order chi connectivity index (χ1) is 27.0. The van der Waals surface area contributed by atoms with Crippen molar-refractivity contribution in [3.05, 3.63) is 108 Å². The molecule has 0 bridgehead atoms. The molecule has 57 heavy (non-hydrogen) atoms. The Morgan fingerprint density at radius 3 is 0.807 bits per heavy atom. The van der Waals surface area contributed by atoms with Gasteiger partial charge in [-0.1, -0.05) is 133 Å². The van der Waals surface area contributed by atoms with E-state index in [4.69, 9.17) is 14.2 Å². The maximum absolute atomic E-state index is 14.4. The van der Waals surface area contributed by atoms with E-state index in [2.05, 4.69) is 0 Å². The highest BCUT2D eigenvalue weighted by Crippen LogP contribution is 2.24. The largest absolute Gasteiger partial charge is 0.450 e. The van der Waals surface area contributed by atoms with E-state index in [0.717, 1.165) is 16.7 Å². The van der Waals surface area contributed by atoms with Crippen LogP contribution in [0.4, 0.5) is 0 Å². The minimum absolute atomic E-state index is 0.0307. The van der Waals surface area contributed by atoms with Crippen molar-refractivity contribution in [3.8, 4) is 0 Å². The highest BCUT2D eigenvalue weighted by atomic mass is 16.6. The van der Waals surface area contributed by atoms with Crippen molar-refractivity contribution >= 4 is 35.6 Å². The van der Waals surface area contributed by atoms with Gasteiger partial charge in [0.1, 0.15) is 18.1 Å². The fraction of sp³-hybridized carbons (Fsp3) is 0.467. The molecule has 12 nitrogen and oxygen atoms in total. The lowest BCUT2D eigenvalue weighted by atomic mass is 9.99. The SMILES string of the molecule is CC(C)[C@@H]1OC(=O)[C@H](Cc2ccccc2)N(C)C(=O)[C@@H](C(C)C)OC(=O)[C@H](Cc2ccccc2)N(C)C(=O)[C@H](C(C)C)OC(=O)[C@@H](Cc2ccccc2)N(C)C1=O. The minimum atomic E-state index is -1.36. The maximum atomic E-state index is 14.4. The molecule has 12 heteroatoms. The van der Waals surface area contributed by atoms with Gasteiger partial charge in [-0.3, -0.25) is 14.4 Å². The van der Waals surface area contributed by atoms with Crippen LogP contribution in [0.5, 0.6) is 0 Å². The number of benzene rings is 3. The van der Waals surface area contributed by atoms with E-state index in [1.54, 1.807) is 114 Å². The number of carbonyl (C=O) groups excluding carboxylic acids is 6. The molecule has 306 valence electrons. The van der Waals surface area contributed by atoms with Gasteiger partial charge in [-0.15, -0.1) is 0 Å². The smallest absolute Gasteiger partial charge is 0.329 e. The molecule has 0 aliphatic carbocycles. The molecule has 1 saturated heterocycles. The molecule has 0 unspecified atom stereocenters. The van der Waals surface area contributed by atoms with Crippen LogP contribution in [0.15, 0.2) is 91.0 Å². The average molecular weight is 784 g/mol. The number of carbonyl (C=O) groups is 6. The highest BCUT2D eigenvalue weighted by molar-refractivity contribution is 5.94. The topological polar surface area (TPSA) is 140 Å². The van der Waals surface area contributed by atoms with E-state index in [0.29, 0.717) is 0 Å². The molecule has 0 N–H and O–H groups in total. The molecule has 0 aromatic heterocycles. The van der Waals surface area contributed by atoms with Crippen molar-refractivity contribution < 1.29 is 43.0 Å². The van der Waals surface area contributed by atoms with Crippen molar-refractivity contribution in [1.82, 2.24) is 14.7 Å². The number of esters is 3. The summed E-state index contributed by atoms with van der Waals surface area (Å²) in [6.07, 6.45) is -3.99. The second-order valence-electron chi connectivity index (χ2n) is 15.8. The van der Waals surface area contributed by atoms with Crippen molar-refractivity contribution in [1.29, 1.82) is 0 Å². The summed E-state index contributed by atoms with van der Waals surface area (Å²) >= 11 is 0. The highest BCUT2D eigenvalue weighted by Gasteiger charge is 2.44. The third kappa shape index (κ3) is 11.3. The third-order valence-electron chi connectivity index (χ3n) is 10.4. The van der Waals surface area contributed by atoms with E-state index in [1.807, 2.05) is 18.2 Å². The van der Waals surface area contributed by atoms with Crippen LogP contribution in [0.1, 0.15) is 58.2 Å². The molecule has 6 atom stereocenters. The quantitative estimate of drug-likeness (QED) is 0.219. The number of cyclic esters (lactones) is 3. The summed E-state index contributed by atoms with van der Waals surface area (Å²) in [6, 6.07) is 23.4. The van der Waals surface area contributed by atoms with E-state index in [-0.39, 0.29) is 19.3 Å². The van der Waals surface area contributed by atoms with E-state index >= 15 is 0 Å². The first kappa shape index (κ1) is 44.2. The van der Waals surface area contributed by atoms with Crippen LogP contribution >= 0.6 is 0 Å². The lowest BCUT2D eigenvalue weighted by molar-refractivity contribution is -0.179. The van der Waals surface area contributed by atoms with Gasteiger partial charge in [-0.2, -0.15) is 0 Å². The van der Waals surface area contributed by atoms with Gasteiger partial charge in [-0.25, -0.2) is 14.4 Å². The molecular formula is C45H57N3O9. The van der Waals surface area contributed by atoms with E-state index in [9.17, 15) is 28.8 Å². The predicted octanol–water partition coefficient (Wildman–Crippen LogP) is 4.91. The zero-order valence-electron chi connectivity index (χ0n) is 34.5. The lowest BCUT2D eigenvalue weighted by Crippen LogP contribution is -2.56. The minimum Gasteiger partial charge on any atom is -0.450 e. The Kier molecular flexibility index (Phi) is 15.6. The molecule has 4 rings (SSSR count). The van der Waals surface area contributed by atoms with E-state index < -0.39 is 89.8 Å². The van der Waals surface area contributed by atoms with Gasteiger partial charge in [0.15, 0.2) is 18.3 Å². The summed E-state index contributed by atoms with van der Waals surface area (Å²) in [4.78, 5) is 89.9. The van der Waals surface area contributed by atoms with Crippen molar-refractivity contribution in [2.45, 2.75) is 97.2 Å². The number of ether oxygens (including phenoxy) is 3. The van der Waals surface area contributed by atoms with Crippen LogP contribution in [-0.2, 0) is 62.2 Å². The Morgan fingerprint density at radius 2 is 0.614 bits per heavy atom. The van der Waals surface area contributed by atoms with Crippen molar-refractivity contribution in [2.24, 2.45) is 17.8 Å². The Labute approximate surface area is 336 Å². The van der Waals surface area contributed by atoms with Gasteiger partial charge < -0.3 is 28.9 Å². The Morgan fingerprint density at radius 1 is 0.404 bits per heavy atom. The Hall–Kier alpha value is -5.52. The van der Waals surface area contributed by atoms with Crippen molar-refractivity contribution in [3.63, 3.8) is 0 Å². The van der Waals surface area contributed by atoms with Crippen LogP contribution < -0.4 is 0 Å². The summed E-state index contributed by atoms with van der Waals surface area (Å²) in [6.45, 7) is 10.3. The average Bonchev–Trinajstić information content (AvgIpc) is 3.19. The zero-order chi connectivity index (χ0) is 42.0. The van der Waals surface area contributed by atoms with Crippen LogP contribution in [0.3, 0.4) is 0 Å². The Balaban J connectivity index is 1.88. The van der Waals surface area contributed by atoms with Gasteiger partial charge in [-0.05, 0) is 34.4 Å². The molecule has 1 aliphatic heterocycles. The molecule has 1 aliphatic rings. The molecule has 1 fully saturated rings. The normalized spacial score (nSPS) is 23.7. The maximum Gasteiger partial charge on any atom is 0.329 e. The predicted molar refractivity (Wildman–Crippen MR) is 214 cm³/mol. The first-order valence-electron chi connectivity index (χ1n) is 19.5. The molecule has 3 amide bonds. The van der Waals surface area contributed by atoms with Gasteiger partial charge in [0, 0.05) is 40.4 Å². The summed E-state index contributed by atoms with van der Waals surface area (Å²) in [7, 11) is 4.31. The third-order valence-corrected chi connectivity index (χ3v) is 10.4. The molecule has 0 spiro atoms. The summed E-state index contributed by atoms with van der Waals surface area (Å²) in [5.74, 6) is -6.18. The summed E-state index contributed by atoms with van der Waals surface area (Å²) in [5, 5.41) is 0. The zero-order valence-corrected chi connectivity index (χ0v) is 34.5. The van der Waals surface area contributed by atoms with Crippen LogP contribution in [0, 0.1) is 17.8 Å². The number of nitrogens with zero attached hydrogens (tertiary/aromatic N) is 3. The van der Waals surface area contributed by atoms with Crippen LogP contribution in [-0.4, -0.2) is 108 Å². The molecule has 3 aromatic rings. The fourth-order valence-electron chi connectivity index (χ4n) is 6.74. The number of hydrogen-bond acceptors (Lipinski definition) is 9. The summed E-state index contributed by atoms with van der Waals surface area (Å²) in [5.41, 5.74) is 2.16. The monoisotopic (exact) mass is 783 g/mol. The van der Waals surface area contributed by atoms with Gasteiger partial charge in [0.2, 0.25) is 0 Å². The van der Waals surface area contributed by atoms with Crippen LogP contribution in [0.25, 0.3) is 0 Å². The summed E-state index contributed by atoms with van der Waals surface area (Å²) < 4.78 is 18.1. The standard InChI is InChI=1S/C45H57N3O9/c1-28(2)37-40(49)46(7)35(26-32-21-15-11-16-22-32)44(53)56-39(30(5)6)42(51)48(9)36(27-33-23-17-12-18-24-33)45(54)57-38(29(3)4)41(50)47(8)34(43(52)55-37)25-31-19-13-10-14-20-31/h10-24,28-30,34-39H,25-27H2,1-9H3/t34-,35-,36+,37+,38-,39-/m0/s1. The number of amides is 3. The van der Waals surface area contributed by atoms with Crippen LogP contribution in [0.2, 0.25) is 0 Å². The number of hydrogen-bond donors (Lipinski definition) is 0. The Bertz CT molecular complexity index is 1620. The fourth-order valence-corrected chi connectivity index (χ4v) is 6.74. The van der Waals surface area contributed by atoms with Gasteiger partial charge >= 0.3 is 17.9 Å². The van der Waals surface area contributed by atoms with Gasteiger partial charge in [0.05, 0.1) is 0 Å². The molecule has 0 radical (unpaired) electrons. The number of rotatable bonds is 9. The van der Waals surface area contributed by atoms with E-state index in [1.165, 1.54) is 35.8 Å². The molecule has 3 aromatic carbocycles.